The number of carbonyl (C=O) groups excluding carboxylic acids is 1. The Morgan fingerprint density at radius 1 is 1.47 bits per heavy atom. The van der Waals surface area contributed by atoms with Gasteiger partial charge in [-0.15, -0.1) is 11.3 Å². The van der Waals surface area contributed by atoms with E-state index >= 15 is 0 Å². The number of thiazole rings is 1. The predicted octanol–water partition coefficient (Wildman–Crippen LogP) is 0.547. The molecule has 2 rings (SSSR count). The van der Waals surface area contributed by atoms with Crippen molar-refractivity contribution in [2.45, 2.75) is 6.42 Å². The third kappa shape index (κ3) is 3.38. The minimum atomic E-state index is -1.04. The summed E-state index contributed by atoms with van der Waals surface area (Å²) < 4.78 is 1.55. The highest BCUT2D eigenvalue weighted by atomic mass is 32.1. The standard InChI is InChI=1S/C11H12N4O3S/c1-15-5-3-7(14-15)10(16)12-4-2-9-13-8(6-19-9)11(17)18/h3,5-6H,2,4H2,1H3,(H,12,16)(H,17,18). The van der Waals surface area contributed by atoms with E-state index in [1.54, 1.807) is 24.0 Å². The van der Waals surface area contributed by atoms with Crippen LogP contribution in [0.3, 0.4) is 0 Å². The van der Waals surface area contributed by atoms with E-state index in [1.807, 2.05) is 0 Å². The number of nitrogens with zero attached hydrogens (tertiary/aromatic N) is 3. The Labute approximate surface area is 112 Å². The number of carboxylic acids is 1. The summed E-state index contributed by atoms with van der Waals surface area (Å²) in [5, 5.41) is 17.6. The lowest BCUT2D eigenvalue weighted by molar-refractivity contribution is 0.0690. The van der Waals surface area contributed by atoms with Gasteiger partial charge in [0.05, 0.1) is 5.01 Å². The fourth-order valence-electron chi connectivity index (χ4n) is 1.43. The molecule has 0 saturated carbocycles. The van der Waals surface area contributed by atoms with Gasteiger partial charge in [-0.3, -0.25) is 9.48 Å². The number of aromatic carboxylic acids is 1. The lowest BCUT2D eigenvalue weighted by Crippen LogP contribution is -2.26. The quantitative estimate of drug-likeness (QED) is 0.833. The number of rotatable bonds is 5. The van der Waals surface area contributed by atoms with Gasteiger partial charge in [0.25, 0.3) is 5.91 Å². The number of carbonyl (C=O) groups is 2. The predicted molar refractivity (Wildman–Crippen MR) is 68.3 cm³/mol. The third-order valence-corrected chi connectivity index (χ3v) is 3.25. The molecule has 0 aliphatic heterocycles. The van der Waals surface area contributed by atoms with Crippen molar-refractivity contribution in [2.24, 2.45) is 7.05 Å². The van der Waals surface area contributed by atoms with Gasteiger partial charge >= 0.3 is 5.97 Å². The van der Waals surface area contributed by atoms with Gasteiger partial charge in [0.2, 0.25) is 0 Å². The Kier molecular flexibility index (Phi) is 3.91. The van der Waals surface area contributed by atoms with E-state index in [9.17, 15) is 9.59 Å². The molecular formula is C11H12N4O3S. The molecule has 2 aromatic rings. The van der Waals surface area contributed by atoms with E-state index in [0.717, 1.165) is 0 Å². The zero-order valence-electron chi connectivity index (χ0n) is 10.2. The molecule has 2 heterocycles. The van der Waals surface area contributed by atoms with E-state index in [2.05, 4.69) is 15.4 Å². The molecule has 0 atom stereocenters. The Balaban J connectivity index is 1.83. The number of aromatic nitrogens is 3. The molecule has 8 heteroatoms. The smallest absolute Gasteiger partial charge is 0.355 e. The van der Waals surface area contributed by atoms with Gasteiger partial charge < -0.3 is 10.4 Å². The van der Waals surface area contributed by atoms with Crippen molar-refractivity contribution in [2.75, 3.05) is 6.54 Å². The molecule has 1 amide bonds. The monoisotopic (exact) mass is 280 g/mol. The van der Waals surface area contributed by atoms with Crippen molar-refractivity contribution >= 4 is 23.2 Å². The molecule has 0 radical (unpaired) electrons. The first-order valence-corrected chi connectivity index (χ1v) is 6.40. The van der Waals surface area contributed by atoms with Gasteiger partial charge in [0, 0.05) is 31.6 Å². The highest BCUT2D eigenvalue weighted by Crippen LogP contribution is 2.09. The summed E-state index contributed by atoms with van der Waals surface area (Å²) in [5.74, 6) is -1.30. The molecule has 19 heavy (non-hydrogen) atoms. The summed E-state index contributed by atoms with van der Waals surface area (Å²) >= 11 is 1.27. The van der Waals surface area contributed by atoms with Crippen molar-refractivity contribution in [3.05, 3.63) is 34.0 Å². The van der Waals surface area contributed by atoms with Crippen LogP contribution in [-0.2, 0) is 13.5 Å². The molecule has 0 aliphatic carbocycles. The average Bonchev–Trinajstić information content (AvgIpc) is 2.98. The third-order valence-electron chi connectivity index (χ3n) is 2.34. The van der Waals surface area contributed by atoms with Gasteiger partial charge in [0.1, 0.15) is 5.69 Å². The first kappa shape index (κ1) is 13.2. The van der Waals surface area contributed by atoms with Crippen molar-refractivity contribution in [3.8, 4) is 0 Å². The Morgan fingerprint density at radius 3 is 2.84 bits per heavy atom. The van der Waals surface area contributed by atoms with Crippen molar-refractivity contribution in [1.29, 1.82) is 0 Å². The van der Waals surface area contributed by atoms with Crippen LogP contribution in [0.25, 0.3) is 0 Å². The maximum Gasteiger partial charge on any atom is 0.355 e. The van der Waals surface area contributed by atoms with Crippen LogP contribution in [-0.4, -0.2) is 38.3 Å². The van der Waals surface area contributed by atoms with E-state index in [-0.39, 0.29) is 11.6 Å². The Bertz CT molecular complexity index is 605. The van der Waals surface area contributed by atoms with Crippen molar-refractivity contribution < 1.29 is 14.7 Å². The summed E-state index contributed by atoms with van der Waals surface area (Å²) in [7, 11) is 1.74. The van der Waals surface area contributed by atoms with Gasteiger partial charge in [-0.25, -0.2) is 9.78 Å². The maximum atomic E-state index is 11.7. The Hall–Kier alpha value is -2.22. The largest absolute Gasteiger partial charge is 0.476 e. The molecule has 100 valence electrons. The summed E-state index contributed by atoms with van der Waals surface area (Å²) in [6, 6.07) is 1.63. The number of hydrogen-bond acceptors (Lipinski definition) is 5. The molecule has 2 N–H and O–H groups in total. The van der Waals surface area contributed by atoms with Crippen molar-refractivity contribution in [1.82, 2.24) is 20.1 Å². The van der Waals surface area contributed by atoms with Crippen LogP contribution in [0.5, 0.6) is 0 Å². The molecule has 0 fully saturated rings. The summed E-state index contributed by atoms with van der Waals surface area (Å²) in [5.41, 5.74) is 0.393. The summed E-state index contributed by atoms with van der Waals surface area (Å²) in [6.07, 6.45) is 2.19. The zero-order chi connectivity index (χ0) is 13.8. The van der Waals surface area contributed by atoms with Crippen LogP contribution < -0.4 is 5.32 Å². The molecule has 0 spiro atoms. The lowest BCUT2D eigenvalue weighted by atomic mass is 10.4. The van der Waals surface area contributed by atoms with Gasteiger partial charge in [-0.05, 0) is 6.07 Å². The molecule has 2 aromatic heterocycles. The Morgan fingerprint density at radius 2 is 2.26 bits per heavy atom. The molecule has 0 saturated heterocycles. The topological polar surface area (TPSA) is 97.1 Å². The van der Waals surface area contributed by atoms with Gasteiger partial charge in [0.15, 0.2) is 5.69 Å². The fraction of sp³-hybridized carbons (Fsp3) is 0.273. The molecular weight excluding hydrogens is 268 g/mol. The number of carboxylic acid groups (broad SMARTS) is 1. The molecule has 0 unspecified atom stereocenters. The van der Waals surface area contributed by atoms with Crippen LogP contribution in [0.15, 0.2) is 17.6 Å². The molecule has 0 aliphatic rings. The second-order valence-corrected chi connectivity index (χ2v) is 4.75. The van der Waals surface area contributed by atoms with Crippen LogP contribution in [0, 0.1) is 0 Å². The summed E-state index contributed by atoms with van der Waals surface area (Å²) in [4.78, 5) is 26.2. The first-order valence-electron chi connectivity index (χ1n) is 5.52. The normalized spacial score (nSPS) is 10.4. The molecule has 0 bridgehead atoms. The number of hydrogen-bond donors (Lipinski definition) is 2. The minimum Gasteiger partial charge on any atom is -0.476 e. The maximum absolute atomic E-state index is 11.7. The van der Waals surface area contributed by atoms with Gasteiger partial charge in [-0.1, -0.05) is 0 Å². The second kappa shape index (κ2) is 5.61. The summed E-state index contributed by atoms with van der Waals surface area (Å²) in [6.45, 7) is 0.391. The van der Waals surface area contributed by atoms with Crippen molar-refractivity contribution in [3.63, 3.8) is 0 Å². The van der Waals surface area contributed by atoms with E-state index in [1.165, 1.54) is 16.7 Å². The van der Waals surface area contributed by atoms with E-state index in [4.69, 9.17) is 5.11 Å². The number of aryl methyl sites for hydroxylation is 1. The number of nitrogens with one attached hydrogen (secondary N) is 1. The highest BCUT2D eigenvalue weighted by molar-refractivity contribution is 7.09. The van der Waals surface area contributed by atoms with Gasteiger partial charge in [-0.2, -0.15) is 5.10 Å². The highest BCUT2D eigenvalue weighted by Gasteiger charge is 2.10. The molecule has 0 aromatic carbocycles. The SMILES string of the molecule is Cn1ccc(C(=O)NCCc2nc(C(=O)O)cs2)n1. The lowest BCUT2D eigenvalue weighted by Gasteiger charge is -2.00. The average molecular weight is 280 g/mol. The zero-order valence-corrected chi connectivity index (χ0v) is 11.0. The fourth-order valence-corrected chi connectivity index (χ4v) is 2.21. The minimum absolute atomic E-state index is 0.0380. The van der Waals surface area contributed by atoms with E-state index < -0.39 is 5.97 Å². The second-order valence-electron chi connectivity index (χ2n) is 3.81. The van der Waals surface area contributed by atoms with Crippen LogP contribution in [0.2, 0.25) is 0 Å². The van der Waals surface area contributed by atoms with Crippen LogP contribution in [0.1, 0.15) is 26.0 Å². The van der Waals surface area contributed by atoms with Crippen LogP contribution in [0.4, 0.5) is 0 Å². The van der Waals surface area contributed by atoms with E-state index in [0.29, 0.717) is 23.7 Å². The molecule has 7 nitrogen and oxygen atoms in total. The number of amides is 1. The van der Waals surface area contributed by atoms with Crippen LogP contribution >= 0.6 is 11.3 Å². The first-order chi connectivity index (χ1) is 9.06.